The number of nitrogens with two attached hydrogens (primary N) is 1. The van der Waals surface area contributed by atoms with Crippen molar-refractivity contribution >= 4 is 5.91 Å². The SMILES string of the molecule is CC(C)(C)c1ccc(Cn2nc(COc3ccc(F)c(C(N)=O)c3F)oc2=O)cc1. The maximum atomic E-state index is 14.2. The number of benzene rings is 2. The second kappa shape index (κ2) is 8.10. The van der Waals surface area contributed by atoms with E-state index in [4.69, 9.17) is 14.9 Å². The Labute approximate surface area is 171 Å². The predicted octanol–water partition coefficient (Wildman–Crippen LogP) is 3.14. The van der Waals surface area contributed by atoms with E-state index in [1.54, 1.807) is 0 Å². The molecule has 1 amide bonds. The van der Waals surface area contributed by atoms with Gasteiger partial charge in [0, 0.05) is 0 Å². The van der Waals surface area contributed by atoms with Crippen molar-refractivity contribution < 1.29 is 22.7 Å². The van der Waals surface area contributed by atoms with Gasteiger partial charge in [-0.2, -0.15) is 4.68 Å². The first kappa shape index (κ1) is 21.2. The van der Waals surface area contributed by atoms with E-state index >= 15 is 0 Å². The van der Waals surface area contributed by atoms with Gasteiger partial charge in [-0.25, -0.2) is 13.6 Å². The lowest BCUT2D eigenvalue weighted by atomic mass is 9.87. The average molecular weight is 417 g/mol. The molecule has 0 spiro atoms. The van der Waals surface area contributed by atoms with Crippen molar-refractivity contribution in [2.75, 3.05) is 0 Å². The molecule has 0 atom stereocenters. The quantitative estimate of drug-likeness (QED) is 0.664. The number of rotatable bonds is 6. The van der Waals surface area contributed by atoms with E-state index in [1.165, 1.54) is 0 Å². The van der Waals surface area contributed by atoms with Gasteiger partial charge in [-0.15, -0.1) is 5.10 Å². The van der Waals surface area contributed by atoms with E-state index in [1.807, 2.05) is 24.3 Å². The standard InChI is InChI=1S/C21H21F2N3O4/c1-21(2,3)13-6-4-12(5-7-13)10-26-20(28)30-16(25-26)11-29-15-9-8-14(22)17(18(15)23)19(24)27/h4-9H,10-11H2,1-3H3,(H2,24,27). The van der Waals surface area contributed by atoms with Crippen LogP contribution in [0.5, 0.6) is 5.75 Å². The van der Waals surface area contributed by atoms with Crippen LogP contribution in [-0.2, 0) is 18.6 Å². The molecule has 30 heavy (non-hydrogen) atoms. The molecule has 0 aliphatic carbocycles. The Hall–Kier alpha value is -3.49. The molecule has 0 unspecified atom stereocenters. The van der Waals surface area contributed by atoms with Crippen LogP contribution in [0.1, 0.15) is 48.1 Å². The third-order valence-electron chi connectivity index (χ3n) is 4.45. The summed E-state index contributed by atoms with van der Waals surface area (Å²) < 4.78 is 39.0. The monoisotopic (exact) mass is 417 g/mol. The molecule has 3 aromatic rings. The number of carbonyl (C=O) groups excluding carboxylic acids is 1. The molecule has 1 aromatic heterocycles. The highest BCUT2D eigenvalue weighted by Gasteiger charge is 2.20. The van der Waals surface area contributed by atoms with Crippen molar-refractivity contribution in [2.45, 2.75) is 39.3 Å². The average Bonchev–Trinajstić information content (AvgIpc) is 3.00. The number of ether oxygens (including phenoxy) is 1. The summed E-state index contributed by atoms with van der Waals surface area (Å²) in [6.45, 7) is 6.10. The molecule has 2 N–H and O–H groups in total. The summed E-state index contributed by atoms with van der Waals surface area (Å²) >= 11 is 0. The minimum absolute atomic E-state index is 0.0117. The first-order chi connectivity index (χ1) is 14.1. The van der Waals surface area contributed by atoms with Crippen LogP contribution in [0.2, 0.25) is 0 Å². The fraction of sp³-hybridized carbons (Fsp3) is 0.286. The maximum Gasteiger partial charge on any atom is 0.437 e. The lowest BCUT2D eigenvalue weighted by molar-refractivity contribution is 0.0991. The van der Waals surface area contributed by atoms with Gasteiger partial charge in [0.2, 0.25) is 0 Å². The molecule has 9 heteroatoms. The normalized spacial score (nSPS) is 11.5. The summed E-state index contributed by atoms with van der Waals surface area (Å²) in [5.74, 6) is -4.81. The van der Waals surface area contributed by atoms with Gasteiger partial charge in [0.05, 0.1) is 6.54 Å². The summed E-state index contributed by atoms with van der Waals surface area (Å²) in [4.78, 5) is 23.2. The summed E-state index contributed by atoms with van der Waals surface area (Å²) in [7, 11) is 0. The van der Waals surface area contributed by atoms with Crippen LogP contribution in [0.15, 0.2) is 45.6 Å². The van der Waals surface area contributed by atoms with Crippen LogP contribution in [0, 0.1) is 11.6 Å². The zero-order valence-electron chi connectivity index (χ0n) is 16.7. The Bertz CT molecular complexity index is 1130. The molecule has 7 nitrogen and oxygen atoms in total. The number of primary amides is 1. The molecule has 0 saturated carbocycles. The van der Waals surface area contributed by atoms with Gasteiger partial charge in [0.15, 0.2) is 18.2 Å². The Balaban J connectivity index is 1.72. The minimum Gasteiger partial charge on any atom is -0.481 e. The molecule has 0 radical (unpaired) electrons. The Kier molecular flexibility index (Phi) is 5.73. The topological polar surface area (TPSA) is 100 Å². The van der Waals surface area contributed by atoms with E-state index in [2.05, 4.69) is 25.9 Å². The zero-order valence-corrected chi connectivity index (χ0v) is 16.7. The molecular formula is C21H21F2N3O4. The Morgan fingerprint density at radius 1 is 1.17 bits per heavy atom. The molecule has 0 aliphatic rings. The third kappa shape index (κ3) is 4.56. The van der Waals surface area contributed by atoms with Crippen LogP contribution in [0.4, 0.5) is 8.78 Å². The number of halogens is 2. The highest BCUT2D eigenvalue weighted by Crippen LogP contribution is 2.24. The summed E-state index contributed by atoms with van der Waals surface area (Å²) in [5, 5.41) is 4.02. The van der Waals surface area contributed by atoms with Crippen molar-refractivity contribution in [3.8, 4) is 5.75 Å². The van der Waals surface area contributed by atoms with Crippen molar-refractivity contribution in [1.82, 2.24) is 9.78 Å². The first-order valence-electron chi connectivity index (χ1n) is 9.13. The predicted molar refractivity (Wildman–Crippen MR) is 104 cm³/mol. The lowest BCUT2D eigenvalue weighted by Gasteiger charge is -2.19. The molecule has 1 heterocycles. The third-order valence-corrected chi connectivity index (χ3v) is 4.45. The van der Waals surface area contributed by atoms with E-state index in [9.17, 15) is 18.4 Å². The molecular weight excluding hydrogens is 396 g/mol. The Morgan fingerprint density at radius 2 is 1.83 bits per heavy atom. The van der Waals surface area contributed by atoms with Crippen LogP contribution in [0.25, 0.3) is 0 Å². The number of hydrogen-bond donors (Lipinski definition) is 1. The molecule has 3 rings (SSSR count). The van der Waals surface area contributed by atoms with E-state index in [-0.39, 0.29) is 17.9 Å². The number of nitrogens with zero attached hydrogens (tertiary/aromatic N) is 2. The first-order valence-corrected chi connectivity index (χ1v) is 9.13. The zero-order chi connectivity index (χ0) is 22.1. The van der Waals surface area contributed by atoms with Gasteiger partial charge in [-0.05, 0) is 28.7 Å². The van der Waals surface area contributed by atoms with E-state index in [0.29, 0.717) is 0 Å². The summed E-state index contributed by atoms with van der Waals surface area (Å²) in [5.41, 5.74) is 6.08. The molecule has 158 valence electrons. The van der Waals surface area contributed by atoms with Crippen molar-refractivity contribution in [3.05, 3.63) is 81.2 Å². The van der Waals surface area contributed by atoms with Crippen molar-refractivity contribution in [3.63, 3.8) is 0 Å². The maximum absolute atomic E-state index is 14.2. The molecule has 0 aliphatic heterocycles. The van der Waals surface area contributed by atoms with Gasteiger partial charge >= 0.3 is 5.76 Å². The van der Waals surface area contributed by atoms with Gasteiger partial charge < -0.3 is 14.9 Å². The second-order valence-corrected chi connectivity index (χ2v) is 7.75. The van der Waals surface area contributed by atoms with Crippen LogP contribution >= 0.6 is 0 Å². The van der Waals surface area contributed by atoms with E-state index < -0.39 is 41.2 Å². The minimum atomic E-state index is -1.26. The highest BCUT2D eigenvalue weighted by molar-refractivity contribution is 5.93. The largest absolute Gasteiger partial charge is 0.481 e. The van der Waals surface area contributed by atoms with Crippen molar-refractivity contribution in [1.29, 1.82) is 0 Å². The molecule has 2 aromatic carbocycles. The van der Waals surface area contributed by atoms with Crippen LogP contribution in [0.3, 0.4) is 0 Å². The van der Waals surface area contributed by atoms with Gasteiger partial charge in [-0.1, -0.05) is 45.0 Å². The fourth-order valence-corrected chi connectivity index (χ4v) is 2.80. The van der Waals surface area contributed by atoms with Crippen LogP contribution in [-0.4, -0.2) is 15.7 Å². The molecule has 0 saturated heterocycles. The second-order valence-electron chi connectivity index (χ2n) is 7.75. The van der Waals surface area contributed by atoms with Crippen molar-refractivity contribution in [2.24, 2.45) is 5.73 Å². The molecule has 0 bridgehead atoms. The van der Waals surface area contributed by atoms with Gasteiger partial charge in [-0.3, -0.25) is 4.79 Å². The highest BCUT2D eigenvalue weighted by atomic mass is 19.1. The summed E-state index contributed by atoms with van der Waals surface area (Å²) in [6, 6.07) is 9.63. The Morgan fingerprint density at radius 3 is 2.43 bits per heavy atom. The number of hydrogen-bond acceptors (Lipinski definition) is 5. The smallest absolute Gasteiger partial charge is 0.437 e. The van der Waals surface area contributed by atoms with Crippen LogP contribution < -0.4 is 16.2 Å². The van der Waals surface area contributed by atoms with Gasteiger partial charge in [0.1, 0.15) is 11.4 Å². The lowest BCUT2D eigenvalue weighted by Crippen LogP contribution is -2.17. The number of carbonyl (C=O) groups is 1. The fourth-order valence-electron chi connectivity index (χ4n) is 2.80. The van der Waals surface area contributed by atoms with Gasteiger partial charge in [0.25, 0.3) is 11.8 Å². The van der Waals surface area contributed by atoms with E-state index in [0.717, 1.165) is 27.9 Å². The summed E-state index contributed by atoms with van der Waals surface area (Å²) in [6.07, 6.45) is 0. The molecule has 0 fully saturated rings. The number of aromatic nitrogens is 2. The number of amides is 1.